The molecule has 0 saturated heterocycles. The first kappa shape index (κ1) is 13.8. The number of aryl methyl sites for hydroxylation is 1. The molecule has 0 bridgehead atoms. The summed E-state index contributed by atoms with van der Waals surface area (Å²) < 4.78 is 10.5. The van der Waals surface area contributed by atoms with Crippen LogP contribution in [0.5, 0.6) is 0 Å². The number of hydrogen-bond acceptors (Lipinski definition) is 4. The van der Waals surface area contributed by atoms with Crippen molar-refractivity contribution in [2.45, 2.75) is 13.0 Å². The Kier molecular flexibility index (Phi) is 6.47. The van der Waals surface area contributed by atoms with Gasteiger partial charge in [0.25, 0.3) is 0 Å². The van der Waals surface area contributed by atoms with Crippen LogP contribution in [0.3, 0.4) is 0 Å². The van der Waals surface area contributed by atoms with Crippen LogP contribution >= 0.6 is 0 Å². The third-order valence-corrected chi connectivity index (χ3v) is 2.31. The highest BCUT2D eigenvalue weighted by Gasteiger charge is 2.10. The molecule has 0 aliphatic heterocycles. The fourth-order valence-electron chi connectivity index (χ4n) is 1.51. The Balaban J connectivity index is 2.40. The number of aliphatic hydroxyl groups excluding tert-OH is 1. The van der Waals surface area contributed by atoms with Gasteiger partial charge in [0, 0.05) is 0 Å². The van der Waals surface area contributed by atoms with E-state index in [1.54, 1.807) is 0 Å². The summed E-state index contributed by atoms with van der Waals surface area (Å²) in [5.41, 5.74) is 2.07. The van der Waals surface area contributed by atoms with Gasteiger partial charge in [-0.15, -0.1) is 0 Å². The lowest BCUT2D eigenvalue weighted by Gasteiger charge is -2.16. The fraction of sp³-hybridized carbons (Fsp3) is 0.462. The van der Waals surface area contributed by atoms with Gasteiger partial charge in [0.1, 0.15) is 19.0 Å². The number of carbonyl (C=O) groups excluding carboxylic acids is 1. The van der Waals surface area contributed by atoms with Gasteiger partial charge >= 0.3 is 0 Å². The topological polar surface area (TPSA) is 55.8 Å². The van der Waals surface area contributed by atoms with Crippen molar-refractivity contribution in [3.8, 4) is 0 Å². The molecule has 0 aliphatic carbocycles. The fourth-order valence-corrected chi connectivity index (χ4v) is 1.51. The third kappa shape index (κ3) is 5.08. The van der Waals surface area contributed by atoms with Crippen LogP contribution in [0.2, 0.25) is 0 Å². The highest BCUT2D eigenvalue weighted by molar-refractivity contribution is 5.50. The van der Waals surface area contributed by atoms with Crippen LogP contribution in [0.15, 0.2) is 24.3 Å². The van der Waals surface area contributed by atoms with E-state index in [9.17, 15) is 9.90 Å². The maximum absolute atomic E-state index is 10.0. The van der Waals surface area contributed by atoms with Crippen molar-refractivity contribution in [3.63, 3.8) is 0 Å². The highest BCUT2D eigenvalue weighted by atomic mass is 16.5. The molecule has 0 spiro atoms. The lowest BCUT2D eigenvalue weighted by Crippen LogP contribution is -2.13. The Morgan fingerprint density at radius 1 is 1.41 bits per heavy atom. The van der Waals surface area contributed by atoms with E-state index < -0.39 is 0 Å². The Hall–Kier alpha value is -1.23. The summed E-state index contributed by atoms with van der Waals surface area (Å²) in [6.07, 6.45) is 0.360. The summed E-state index contributed by atoms with van der Waals surface area (Å²) in [6, 6.07) is 7.82. The van der Waals surface area contributed by atoms with E-state index in [1.807, 2.05) is 31.2 Å². The molecule has 0 aromatic heterocycles. The number of aliphatic hydroxyl groups is 1. The van der Waals surface area contributed by atoms with Crippen molar-refractivity contribution in [1.29, 1.82) is 0 Å². The van der Waals surface area contributed by atoms with E-state index in [0.717, 1.165) is 11.1 Å². The number of carbonyl (C=O) groups is 1. The molecule has 0 saturated carbocycles. The zero-order valence-electron chi connectivity index (χ0n) is 9.96. The molecule has 1 rings (SSSR count). The molecule has 0 amide bonds. The van der Waals surface area contributed by atoms with Gasteiger partial charge in [-0.05, 0) is 12.5 Å². The molecule has 4 nitrogen and oxygen atoms in total. The quantitative estimate of drug-likeness (QED) is 0.547. The van der Waals surface area contributed by atoms with Crippen LogP contribution in [-0.2, 0) is 14.3 Å². The molecule has 1 aromatic carbocycles. The second-order valence-corrected chi connectivity index (χ2v) is 3.70. The molecule has 0 aliphatic rings. The van der Waals surface area contributed by atoms with Gasteiger partial charge in [-0.1, -0.05) is 29.8 Å². The molecular weight excluding hydrogens is 220 g/mol. The van der Waals surface area contributed by atoms with E-state index in [0.29, 0.717) is 19.5 Å². The van der Waals surface area contributed by atoms with Gasteiger partial charge in [0.2, 0.25) is 0 Å². The van der Waals surface area contributed by atoms with Gasteiger partial charge in [-0.2, -0.15) is 0 Å². The monoisotopic (exact) mass is 238 g/mol. The van der Waals surface area contributed by atoms with Crippen molar-refractivity contribution in [2.75, 3.05) is 26.4 Å². The number of rotatable bonds is 8. The molecule has 1 unspecified atom stereocenters. The molecule has 0 heterocycles. The van der Waals surface area contributed by atoms with Crippen molar-refractivity contribution in [2.24, 2.45) is 0 Å². The van der Waals surface area contributed by atoms with Crippen LogP contribution < -0.4 is 0 Å². The van der Waals surface area contributed by atoms with Crippen molar-refractivity contribution in [3.05, 3.63) is 35.4 Å². The molecule has 1 N–H and O–H groups in total. The zero-order chi connectivity index (χ0) is 12.5. The minimum absolute atomic E-state index is 0.0723. The molecule has 1 aromatic rings. The summed E-state index contributed by atoms with van der Waals surface area (Å²) in [4.78, 5) is 10.0. The van der Waals surface area contributed by atoms with Gasteiger partial charge in [-0.25, -0.2) is 0 Å². The summed E-state index contributed by atoms with van der Waals surface area (Å²) in [7, 11) is 0. The van der Waals surface area contributed by atoms with Crippen molar-refractivity contribution >= 4 is 6.29 Å². The van der Waals surface area contributed by atoms with Crippen molar-refractivity contribution < 1.29 is 19.4 Å². The lowest BCUT2D eigenvalue weighted by molar-refractivity contribution is -0.112. The molecule has 94 valence electrons. The third-order valence-electron chi connectivity index (χ3n) is 2.31. The molecule has 0 radical (unpaired) electrons. The van der Waals surface area contributed by atoms with E-state index in [-0.39, 0.29) is 19.3 Å². The number of hydrogen-bond donors (Lipinski definition) is 1. The summed E-state index contributed by atoms with van der Waals surface area (Å²) in [6.45, 7) is 2.70. The van der Waals surface area contributed by atoms with Crippen LogP contribution in [0.1, 0.15) is 17.2 Å². The van der Waals surface area contributed by atoms with Crippen LogP contribution in [0.4, 0.5) is 0 Å². The minimum atomic E-state index is -0.338. The molecule has 17 heavy (non-hydrogen) atoms. The summed E-state index contributed by atoms with van der Waals surface area (Å²) in [5, 5.41) is 9.25. The van der Waals surface area contributed by atoms with E-state index >= 15 is 0 Å². The maximum Gasteiger partial charge on any atom is 0.145 e. The second kappa shape index (κ2) is 7.95. The Morgan fingerprint density at radius 3 is 2.88 bits per heavy atom. The summed E-state index contributed by atoms with van der Waals surface area (Å²) >= 11 is 0. The normalized spacial score (nSPS) is 12.4. The predicted molar refractivity (Wildman–Crippen MR) is 63.8 cm³/mol. The van der Waals surface area contributed by atoms with E-state index in [4.69, 9.17) is 9.47 Å². The average Bonchev–Trinajstić information content (AvgIpc) is 2.34. The Morgan fingerprint density at radius 2 is 2.24 bits per heavy atom. The lowest BCUT2D eigenvalue weighted by atomic mass is 10.1. The Bertz CT molecular complexity index is 338. The van der Waals surface area contributed by atoms with Gasteiger partial charge in [-0.3, -0.25) is 0 Å². The van der Waals surface area contributed by atoms with E-state index in [1.165, 1.54) is 0 Å². The summed E-state index contributed by atoms with van der Waals surface area (Å²) in [5.74, 6) is 0. The maximum atomic E-state index is 10.0. The SMILES string of the molecule is Cc1cccc(C(CO)OCCOCC=O)c1. The largest absolute Gasteiger partial charge is 0.393 e. The number of benzene rings is 1. The van der Waals surface area contributed by atoms with Crippen molar-refractivity contribution in [1.82, 2.24) is 0 Å². The number of ether oxygens (including phenoxy) is 2. The smallest absolute Gasteiger partial charge is 0.145 e. The molecule has 1 atom stereocenters. The first-order valence-electron chi connectivity index (χ1n) is 5.58. The molecular formula is C13H18O4. The van der Waals surface area contributed by atoms with Crippen LogP contribution in [0, 0.1) is 6.92 Å². The van der Waals surface area contributed by atoms with Gasteiger partial charge < -0.3 is 19.4 Å². The van der Waals surface area contributed by atoms with Gasteiger partial charge in [0.15, 0.2) is 0 Å². The number of aldehydes is 1. The average molecular weight is 238 g/mol. The first-order valence-corrected chi connectivity index (χ1v) is 5.58. The van der Waals surface area contributed by atoms with Crippen LogP contribution in [0.25, 0.3) is 0 Å². The van der Waals surface area contributed by atoms with Gasteiger partial charge in [0.05, 0.1) is 19.8 Å². The standard InChI is InChI=1S/C13H18O4/c1-11-3-2-4-12(9-11)13(10-15)17-8-7-16-6-5-14/h2-5,9,13,15H,6-8,10H2,1H3. The Labute approximate surface area is 101 Å². The highest BCUT2D eigenvalue weighted by Crippen LogP contribution is 2.17. The molecule has 0 fully saturated rings. The zero-order valence-corrected chi connectivity index (χ0v) is 9.96. The predicted octanol–water partition coefficient (Wildman–Crippen LogP) is 1.26. The second-order valence-electron chi connectivity index (χ2n) is 3.70. The minimum Gasteiger partial charge on any atom is -0.393 e. The molecule has 4 heteroatoms. The van der Waals surface area contributed by atoms with Crippen LogP contribution in [-0.4, -0.2) is 37.8 Å². The van der Waals surface area contributed by atoms with E-state index in [2.05, 4.69) is 0 Å². The first-order chi connectivity index (χ1) is 8.27.